The summed E-state index contributed by atoms with van der Waals surface area (Å²) in [6.07, 6.45) is 1.71. The van der Waals surface area contributed by atoms with Crippen molar-refractivity contribution in [2.45, 2.75) is 6.04 Å². The predicted octanol–water partition coefficient (Wildman–Crippen LogP) is 1.30. The monoisotopic (exact) mass is 350 g/mol. The van der Waals surface area contributed by atoms with Crippen molar-refractivity contribution in [1.29, 1.82) is 0 Å². The average molecular weight is 350 g/mol. The zero-order chi connectivity index (χ0) is 17.8. The van der Waals surface area contributed by atoms with Crippen molar-refractivity contribution in [3.8, 4) is 11.1 Å². The molecule has 1 saturated carbocycles. The summed E-state index contributed by atoms with van der Waals surface area (Å²) >= 11 is 0. The van der Waals surface area contributed by atoms with Crippen LogP contribution in [0, 0.1) is 11.8 Å². The molecule has 1 aromatic carbocycles. The second-order valence-electron chi connectivity index (χ2n) is 7.03. The lowest BCUT2D eigenvalue weighted by Gasteiger charge is -2.09. The second kappa shape index (κ2) is 5.54. The number of aromatic nitrogens is 3. The number of carbonyl (C=O) groups is 1. The highest BCUT2D eigenvalue weighted by Crippen LogP contribution is 2.44. The minimum atomic E-state index is -0.197. The van der Waals surface area contributed by atoms with Crippen molar-refractivity contribution in [2.75, 3.05) is 13.2 Å². The number of aromatic amines is 1. The Labute approximate surface area is 149 Å². The first-order chi connectivity index (χ1) is 12.6. The number of nitrogens with one attached hydrogen (secondary N) is 2. The van der Waals surface area contributed by atoms with E-state index in [1.165, 1.54) is 4.57 Å². The highest BCUT2D eigenvalue weighted by atomic mass is 16.5. The predicted molar refractivity (Wildman–Crippen MR) is 95.8 cm³/mol. The summed E-state index contributed by atoms with van der Waals surface area (Å²) in [5, 5.41) is 3.11. The number of hydrogen-bond donors (Lipinski definition) is 2. The summed E-state index contributed by atoms with van der Waals surface area (Å²) in [7, 11) is 1.70. The van der Waals surface area contributed by atoms with Crippen molar-refractivity contribution in [1.82, 2.24) is 19.9 Å². The van der Waals surface area contributed by atoms with Crippen LogP contribution < -0.4 is 11.0 Å². The van der Waals surface area contributed by atoms with E-state index >= 15 is 0 Å². The molecule has 1 saturated heterocycles. The molecule has 0 spiro atoms. The highest BCUT2D eigenvalue weighted by Gasteiger charge is 2.54. The first-order valence-electron chi connectivity index (χ1n) is 8.65. The minimum Gasteiger partial charge on any atom is -0.381 e. The lowest BCUT2D eigenvalue weighted by molar-refractivity contribution is 0.0929. The molecule has 26 heavy (non-hydrogen) atoms. The zero-order valence-electron chi connectivity index (χ0n) is 14.2. The molecule has 0 bridgehead atoms. The Hall–Kier alpha value is -2.93. The van der Waals surface area contributed by atoms with Crippen LogP contribution in [0.4, 0.5) is 0 Å². The van der Waals surface area contributed by atoms with Gasteiger partial charge in [-0.25, -0.2) is 9.78 Å². The lowest BCUT2D eigenvalue weighted by Crippen LogP contribution is -2.29. The molecule has 132 valence electrons. The second-order valence-corrected chi connectivity index (χ2v) is 7.03. The molecular weight excluding hydrogens is 332 g/mol. The Morgan fingerprint density at radius 2 is 2.08 bits per heavy atom. The summed E-state index contributed by atoms with van der Waals surface area (Å²) < 4.78 is 6.89. The van der Waals surface area contributed by atoms with Crippen molar-refractivity contribution < 1.29 is 9.53 Å². The summed E-state index contributed by atoms with van der Waals surface area (Å²) in [5.41, 5.74) is 3.46. The van der Waals surface area contributed by atoms with Gasteiger partial charge in [-0.3, -0.25) is 14.3 Å². The third-order valence-corrected chi connectivity index (χ3v) is 5.47. The molecule has 2 aromatic heterocycles. The van der Waals surface area contributed by atoms with E-state index in [1.54, 1.807) is 13.2 Å². The number of rotatable bonds is 3. The Kier molecular flexibility index (Phi) is 3.27. The van der Waals surface area contributed by atoms with E-state index in [4.69, 9.17) is 4.74 Å². The van der Waals surface area contributed by atoms with E-state index in [0.29, 0.717) is 23.0 Å². The van der Waals surface area contributed by atoms with Gasteiger partial charge in [0.05, 0.1) is 18.7 Å². The van der Waals surface area contributed by atoms with E-state index < -0.39 is 0 Å². The van der Waals surface area contributed by atoms with Gasteiger partial charge in [-0.1, -0.05) is 12.1 Å². The number of pyridine rings is 1. The van der Waals surface area contributed by atoms with Crippen LogP contribution in [0.1, 0.15) is 10.4 Å². The van der Waals surface area contributed by atoms with E-state index in [0.717, 1.165) is 29.9 Å². The smallest absolute Gasteiger partial charge is 0.327 e. The van der Waals surface area contributed by atoms with Crippen LogP contribution in [0.15, 0.2) is 41.3 Å². The van der Waals surface area contributed by atoms with Crippen LogP contribution in [-0.2, 0) is 11.8 Å². The third kappa shape index (κ3) is 2.35. The van der Waals surface area contributed by atoms with Crippen LogP contribution >= 0.6 is 0 Å². The molecule has 0 radical (unpaired) electrons. The van der Waals surface area contributed by atoms with Gasteiger partial charge in [0.25, 0.3) is 5.91 Å². The fourth-order valence-corrected chi connectivity index (χ4v) is 3.79. The highest BCUT2D eigenvalue weighted by molar-refractivity contribution is 5.96. The Morgan fingerprint density at radius 1 is 1.27 bits per heavy atom. The van der Waals surface area contributed by atoms with E-state index in [9.17, 15) is 9.59 Å². The number of ether oxygens (including phenoxy) is 1. The number of hydrogen-bond acceptors (Lipinski definition) is 4. The number of nitrogens with zero attached hydrogens (tertiary/aromatic N) is 2. The van der Waals surface area contributed by atoms with Crippen LogP contribution in [0.5, 0.6) is 0 Å². The molecule has 7 nitrogen and oxygen atoms in total. The largest absolute Gasteiger partial charge is 0.381 e. The first-order valence-corrected chi connectivity index (χ1v) is 8.65. The number of fused-ring (bicyclic) bond motifs is 2. The molecular formula is C19H18N4O3. The summed E-state index contributed by atoms with van der Waals surface area (Å²) in [6, 6.07) is 9.61. The van der Waals surface area contributed by atoms with Crippen LogP contribution in [-0.4, -0.2) is 39.7 Å². The SMILES string of the molecule is Cn1c(=O)[nH]c2ncc(-c3cccc(C(=O)NC4[C@H]5COC[C@@H]45)c3)cc21. The molecule has 1 unspecified atom stereocenters. The molecule has 1 aliphatic carbocycles. The number of imidazole rings is 1. The maximum absolute atomic E-state index is 12.6. The molecule has 2 N–H and O–H groups in total. The van der Waals surface area contributed by atoms with Crippen molar-refractivity contribution in [2.24, 2.45) is 18.9 Å². The fraction of sp³-hybridized carbons (Fsp3) is 0.316. The number of amides is 1. The molecule has 5 rings (SSSR count). The normalized spacial score (nSPS) is 23.8. The molecule has 3 atom stereocenters. The molecule has 2 fully saturated rings. The third-order valence-electron chi connectivity index (χ3n) is 5.47. The van der Waals surface area contributed by atoms with E-state index in [2.05, 4.69) is 15.3 Å². The van der Waals surface area contributed by atoms with Gasteiger partial charge in [0.2, 0.25) is 0 Å². The van der Waals surface area contributed by atoms with Gasteiger partial charge < -0.3 is 10.1 Å². The van der Waals surface area contributed by atoms with Gasteiger partial charge in [-0.2, -0.15) is 0 Å². The van der Waals surface area contributed by atoms with Crippen molar-refractivity contribution in [3.05, 3.63) is 52.6 Å². The van der Waals surface area contributed by atoms with Crippen molar-refractivity contribution >= 4 is 17.1 Å². The van der Waals surface area contributed by atoms with Gasteiger partial charge >= 0.3 is 5.69 Å². The minimum absolute atomic E-state index is 0.0608. The van der Waals surface area contributed by atoms with E-state index in [-0.39, 0.29) is 17.6 Å². The van der Waals surface area contributed by atoms with Gasteiger partial charge in [-0.05, 0) is 23.8 Å². The van der Waals surface area contributed by atoms with Gasteiger partial charge in [0.1, 0.15) is 0 Å². The molecule has 3 aromatic rings. The topological polar surface area (TPSA) is 89.0 Å². The average Bonchev–Trinajstić information content (AvgIpc) is 2.98. The van der Waals surface area contributed by atoms with Crippen molar-refractivity contribution in [3.63, 3.8) is 0 Å². The van der Waals surface area contributed by atoms with Gasteiger partial charge in [0.15, 0.2) is 5.65 Å². The summed E-state index contributed by atoms with van der Waals surface area (Å²) in [5.74, 6) is 0.890. The molecule has 1 amide bonds. The Bertz CT molecular complexity index is 1070. The van der Waals surface area contributed by atoms with Crippen LogP contribution in [0.3, 0.4) is 0 Å². The zero-order valence-corrected chi connectivity index (χ0v) is 14.2. The Morgan fingerprint density at radius 3 is 2.88 bits per heavy atom. The number of carbonyl (C=O) groups excluding carboxylic acids is 1. The molecule has 1 aliphatic heterocycles. The van der Waals surface area contributed by atoms with Gasteiger partial charge in [-0.15, -0.1) is 0 Å². The number of aryl methyl sites for hydroxylation is 1. The summed E-state index contributed by atoms with van der Waals surface area (Å²) in [4.78, 5) is 31.3. The molecule has 7 heteroatoms. The Balaban J connectivity index is 1.43. The number of benzene rings is 1. The number of H-pyrrole nitrogens is 1. The summed E-state index contributed by atoms with van der Waals surface area (Å²) in [6.45, 7) is 1.49. The van der Waals surface area contributed by atoms with Crippen LogP contribution in [0.2, 0.25) is 0 Å². The fourth-order valence-electron chi connectivity index (χ4n) is 3.79. The quantitative estimate of drug-likeness (QED) is 0.745. The maximum Gasteiger partial charge on any atom is 0.327 e. The lowest BCUT2D eigenvalue weighted by atomic mass is 10.0. The first kappa shape index (κ1) is 15.3. The maximum atomic E-state index is 12.6. The van der Waals surface area contributed by atoms with E-state index in [1.807, 2.05) is 30.3 Å². The standard InChI is InChI=1S/C19H18N4O3/c1-23-15-6-12(7-20-17(15)22-19(23)25)10-3-2-4-11(5-10)18(24)21-16-13-8-26-9-14(13)16/h2-7,13-14,16H,8-9H2,1H3,(H,21,24)(H,20,22,25)/t13-,14+,16?. The van der Waals surface area contributed by atoms with Gasteiger partial charge in [0, 0.05) is 42.2 Å². The molecule has 3 heterocycles. The molecule has 2 aliphatic rings. The van der Waals surface area contributed by atoms with Crippen LogP contribution in [0.25, 0.3) is 22.3 Å².